The summed E-state index contributed by atoms with van der Waals surface area (Å²) in [6.07, 6.45) is 5.91. The summed E-state index contributed by atoms with van der Waals surface area (Å²) < 4.78 is 0. The monoisotopic (exact) mass is 314 g/mol. The predicted octanol–water partition coefficient (Wildman–Crippen LogP) is 1.21. The average Bonchev–Trinajstić information content (AvgIpc) is 2.83. The van der Waals surface area contributed by atoms with Gasteiger partial charge < -0.3 is 15.2 Å². The summed E-state index contributed by atoms with van der Waals surface area (Å²) in [6, 6.07) is 7.58. The Hall–Kier alpha value is -2.14. The molecule has 1 saturated heterocycles. The van der Waals surface area contributed by atoms with Crippen LogP contribution in [0.3, 0.4) is 0 Å². The molecule has 1 aliphatic rings. The van der Waals surface area contributed by atoms with Crippen molar-refractivity contribution in [3.05, 3.63) is 40.2 Å². The number of aldehydes is 1. The maximum atomic E-state index is 12.1. The van der Waals surface area contributed by atoms with Crippen molar-refractivity contribution in [3.63, 3.8) is 0 Å². The minimum Gasteiger partial charge on any atom is -0.378 e. The Morgan fingerprint density at radius 3 is 2.61 bits per heavy atom. The molecule has 5 nitrogen and oxygen atoms in total. The summed E-state index contributed by atoms with van der Waals surface area (Å²) in [7, 11) is 0. The zero-order valence-electron chi connectivity index (χ0n) is 13.4. The van der Waals surface area contributed by atoms with Gasteiger partial charge in [-0.15, -0.1) is 0 Å². The highest BCUT2D eigenvalue weighted by Crippen LogP contribution is 2.22. The van der Waals surface area contributed by atoms with Crippen LogP contribution in [0.15, 0.2) is 29.1 Å². The number of anilines is 1. The Morgan fingerprint density at radius 2 is 1.87 bits per heavy atom. The number of rotatable bonds is 5. The van der Waals surface area contributed by atoms with Gasteiger partial charge in [0.2, 0.25) is 0 Å². The quantitative estimate of drug-likeness (QED) is 0.727. The summed E-state index contributed by atoms with van der Waals surface area (Å²) in [5, 5.41) is 4.23. The summed E-state index contributed by atoms with van der Waals surface area (Å²) in [5.74, 6) is 0. The molecule has 0 spiro atoms. The first-order valence-corrected chi connectivity index (χ1v) is 8.47. The number of carbonyl (C=O) groups is 1. The van der Waals surface area contributed by atoms with Crippen molar-refractivity contribution < 1.29 is 9.69 Å². The standard InChI is InChI=1S/C18H23N3O2/c22-13-15-17(14-7-3-4-8-16(14)20-18(15)23)19-9-12-21-10-5-1-2-6-11-21/h3-4,7-8,13H,1-2,5-6,9-12H2,(H2,19,20,23)/p+1. The molecule has 1 aromatic heterocycles. The molecule has 2 heterocycles. The van der Waals surface area contributed by atoms with Crippen LogP contribution in [0.1, 0.15) is 36.0 Å². The van der Waals surface area contributed by atoms with E-state index in [1.807, 2.05) is 24.3 Å². The number of pyridine rings is 1. The number of nitrogens with one attached hydrogen (secondary N) is 3. The highest BCUT2D eigenvalue weighted by atomic mass is 16.1. The maximum Gasteiger partial charge on any atom is 0.261 e. The van der Waals surface area contributed by atoms with Crippen LogP contribution in [0.2, 0.25) is 0 Å². The molecule has 2 aromatic rings. The summed E-state index contributed by atoms with van der Waals surface area (Å²) >= 11 is 0. The first kappa shape index (κ1) is 15.7. The van der Waals surface area contributed by atoms with Crippen molar-refractivity contribution in [1.82, 2.24) is 4.98 Å². The van der Waals surface area contributed by atoms with E-state index in [4.69, 9.17) is 0 Å². The number of para-hydroxylation sites is 1. The highest BCUT2D eigenvalue weighted by Gasteiger charge is 2.14. The van der Waals surface area contributed by atoms with Crippen molar-refractivity contribution in [2.45, 2.75) is 25.7 Å². The fraction of sp³-hybridized carbons (Fsp3) is 0.444. The minimum atomic E-state index is -0.330. The number of H-pyrrole nitrogens is 1. The summed E-state index contributed by atoms with van der Waals surface area (Å²) in [6.45, 7) is 4.22. The molecule has 3 rings (SSSR count). The minimum absolute atomic E-state index is 0.189. The van der Waals surface area contributed by atoms with Crippen LogP contribution < -0.4 is 15.8 Å². The molecule has 0 atom stereocenters. The van der Waals surface area contributed by atoms with Gasteiger partial charge in [0.25, 0.3) is 5.56 Å². The van der Waals surface area contributed by atoms with E-state index in [9.17, 15) is 9.59 Å². The van der Waals surface area contributed by atoms with Crippen LogP contribution in [0.25, 0.3) is 10.9 Å². The zero-order valence-corrected chi connectivity index (χ0v) is 13.4. The number of carbonyl (C=O) groups excluding carboxylic acids is 1. The number of benzene rings is 1. The number of hydrogen-bond donors (Lipinski definition) is 3. The molecule has 0 saturated carbocycles. The number of fused-ring (bicyclic) bond motifs is 1. The van der Waals surface area contributed by atoms with Crippen LogP contribution in [0, 0.1) is 0 Å². The lowest BCUT2D eigenvalue weighted by Crippen LogP contribution is -3.12. The Labute approximate surface area is 135 Å². The number of aromatic amines is 1. The van der Waals surface area contributed by atoms with E-state index in [2.05, 4.69) is 10.3 Å². The van der Waals surface area contributed by atoms with E-state index in [0.29, 0.717) is 12.0 Å². The van der Waals surface area contributed by atoms with Gasteiger partial charge in [-0.3, -0.25) is 9.59 Å². The van der Waals surface area contributed by atoms with E-state index in [-0.39, 0.29) is 11.1 Å². The summed E-state index contributed by atoms with van der Waals surface area (Å²) in [5.41, 5.74) is 1.28. The molecule has 0 amide bonds. The third-order valence-electron chi connectivity index (χ3n) is 4.67. The van der Waals surface area contributed by atoms with Crippen LogP contribution in [0.4, 0.5) is 5.69 Å². The predicted molar refractivity (Wildman–Crippen MR) is 92.5 cm³/mol. The van der Waals surface area contributed by atoms with E-state index >= 15 is 0 Å². The number of quaternary nitrogens is 1. The number of likely N-dealkylation sites (tertiary alicyclic amines) is 1. The van der Waals surface area contributed by atoms with Gasteiger partial charge in [0.1, 0.15) is 5.56 Å². The zero-order chi connectivity index (χ0) is 16.1. The summed E-state index contributed by atoms with van der Waals surface area (Å²) in [4.78, 5) is 27.8. The van der Waals surface area contributed by atoms with Crippen molar-refractivity contribution in [2.24, 2.45) is 0 Å². The van der Waals surface area contributed by atoms with Crippen molar-refractivity contribution >= 4 is 22.9 Å². The lowest BCUT2D eigenvalue weighted by molar-refractivity contribution is -0.897. The van der Waals surface area contributed by atoms with E-state index in [1.165, 1.54) is 38.8 Å². The van der Waals surface area contributed by atoms with Gasteiger partial charge in [0.15, 0.2) is 6.29 Å². The molecular formula is C18H24N3O2+. The van der Waals surface area contributed by atoms with Gasteiger partial charge >= 0.3 is 0 Å². The Balaban J connectivity index is 1.78. The number of hydrogen-bond acceptors (Lipinski definition) is 3. The molecule has 3 N–H and O–H groups in total. The molecule has 1 aromatic carbocycles. The van der Waals surface area contributed by atoms with Crippen LogP contribution in [-0.2, 0) is 0 Å². The molecule has 1 fully saturated rings. The molecule has 122 valence electrons. The molecule has 1 aliphatic heterocycles. The second kappa shape index (κ2) is 7.42. The maximum absolute atomic E-state index is 12.1. The van der Waals surface area contributed by atoms with E-state index in [1.54, 1.807) is 4.90 Å². The van der Waals surface area contributed by atoms with Gasteiger partial charge in [-0.05, 0) is 31.7 Å². The van der Waals surface area contributed by atoms with Crippen molar-refractivity contribution in [1.29, 1.82) is 0 Å². The normalized spacial score (nSPS) is 16.2. The lowest BCUT2D eigenvalue weighted by Gasteiger charge is -2.18. The van der Waals surface area contributed by atoms with Crippen molar-refractivity contribution in [2.75, 3.05) is 31.5 Å². The fourth-order valence-electron chi connectivity index (χ4n) is 3.40. The second-order valence-electron chi connectivity index (χ2n) is 6.25. The molecule has 0 unspecified atom stereocenters. The van der Waals surface area contributed by atoms with Crippen LogP contribution >= 0.6 is 0 Å². The van der Waals surface area contributed by atoms with Gasteiger partial charge in [0.05, 0.1) is 37.4 Å². The Kier molecular flexibility index (Phi) is 5.08. The molecule has 23 heavy (non-hydrogen) atoms. The smallest absolute Gasteiger partial charge is 0.261 e. The van der Waals surface area contributed by atoms with Gasteiger partial charge in [-0.1, -0.05) is 18.2 Å². The lowest BCUT2D eigenvalue weighted by atomic mass is 10.1. The third kappa shape index (κ3) is 3.62. The second-order valence-corrected chi connectivity index (χ2v) is 6.25. The van der Waals surface area contributed by atoms with E-state index in [0.717, 1.165) is 24.0 Å². The largest absolute Gasteiger partial charge is 0.378 e. The molecule has 0 aliphatic carbocycles. The van der Waals surface area contributed by atoms with Gasteiger partial charge in [-0.25, -0.2) is 0 Å². The first-order chi connectivity index (χ1) is 11.3. The van der Waals surface area contributed by atoms with Crippen LogP contribution in [-0.4, -0.2) is 37.4 Å². The topological polar surface area (TPSA) is 66.4 Å². The first-order valence-electron chi connectivity index (χ1n) is 8.47. The SMILES string of the molecule is O=Cc1c(NCC[NH+]2CCCCCC2)c2ccccc2[nH]c1=O. The molecule has 0 radical (unpaired) electrons. The molecule has 5 heteroatoms. The van der Waals surface area contributed by atoms with Gasteiger partial charge in [0, 0.05) is 5.39 Å². The third-order valence-corrected chi connectivity index (χ3v) is 4.67. The molecule has 0 bridgehead atoms. The fourth-order valence-corrected chi connectivity index (χ4v) is 3.40. The van der Waals surface area contributed by atoms with E-state index < -0.39 is 0 Å². The Morgan fingerprint density at radius 1 is 1.13 bits per heavy atom. The van der Waals surface area contributed by atoms with Crippen molar-refractivity contribution in [3.8, 4) is 0 Å². The van der Waals surface area contributed by atoms with Gasteiger partial charge in [-0.2, -0.15) is 0 Å². The van der Waals surface area contributed by atoms with Crippen LogP contribution in [0.5, 0.6) is 0 Å². The number of aromatic nitrogens is 1. The Bertz CT molecular complexity index is 731. The molecular weight excluding hydrogens is 290 g/mol. The highest BCUT2D eigenvalue weighted by molar-refractivity contribution is 5.99. The average molecular weight is 314 g/mol.